The summed E-state index contributed by atoms with van der Waals surface area (Å²) in [4.78, 5) is 4.29. The van der Waals surface area contributed by atoms with Crippen LogP contribution in [0.2, 0.25) is 0 Å². The molecule has 114 valence electrons. The van der Waals surface area contributed by atoms with Crippen LogP contribution in [0.5, 0.6) is 0 Å². The lowest BCUT2D eigenvalue weighted by molar-refractivity contribution is 0.687. The third-order valence-corrected chi connectivity index (χ3v) is 3.98. The van der Waals surface area contributed by atoms with Crippen molar-refractivity contribution in [2.24, 2.45) is 0 Å². The predicted octanol–water partition coefficient (Wildman–Crippen LogP) is 4.46. The highest BCUT2D eigenvalue weighted by atomic mass is 15.1. The van der Waals surface area contributed by atoms with Crippen LogP contribution < -0.4 is 0 Å². The Hall–Kier alpha value is -2.93. The molecule has 0 saturated heterocycles. The summed E-state index contributed by atoms with van der Waals surface area (Å²) in [5, 5.41) is 17.4. The molecule has 3 aromatic rings. The van der Waals surface area contributed by atoms with Crippen molar-refractivity contribution in [1.82, 2.24) is 15.2 Å². The molecule has 0 saturated carbocycles. The van der Waals surface area contributed by atoms with Crippen LogP contribution >= 0.6 is 0 Å². The second kappa shape index (κ2) is 5.69. The van der Waals surface area contributed by atoms with Gasteiger partial charge in [-0.1, -0.05) is 18.2 Å². The molecule has 0 aliphatic rings. The summed E-state index contributed by atoms with van der Waals surface area (Å²) in [7, 11) is 0. The number of rotatable bonds is 3. The average molecular weight is 302 g/mol. The van der Waals surface area contributed by atoms with E-state index in [1.807, 2.05) is 39.0 Å². The summed E-state index contributed by atoms with van der Waals surface area (Å²) in [6.45, 7) is 5.86. The van der Waals surface area contributed by atoms with Crippen molar-refractivity contribution in [3.63, 3.8) is 0 Å². The molecule has 0 amide bonds. The van der Waals surface area contributed by atoms with Gasteiger partial charge in [0.25, 0.3) is 0 Å². The first kappa shape index (κ1) is 15.0. The molecule has 0 spiro atoms. The summed E-state index contributed by atoms with van der Waals surface area (Å²) in [6, 6.07) is 10.6. The zero-order chi connectivity index (χ0) is 16.4. The Morgan fingerprint density at radius 3 is 2.83 bits per heavy atom. The molecule has 4 heteroatoms. The minimum absolute atomic E-state index is 0.547. The van der Waals surface area contributed by atoms with Crippen LogP contribution in [0.4, 0.5) is 0 Å². The van der Waals surface area contributed by atoms with Crippen molar-refractivity contribution in [3.05, 3.63) is 53.9 Å². The molecule has 0 fully saturated rings. The van der Waals surface area contributed by atoms with E-state index >= 15 is 0 Å². The molecule has 0 aliphatic heterocycles. The Morgan fingerprint density at radius 2 is 2.09 bits per heavy atom. The first-order chi connectivity index (χ1) is 11.0. The Bertz CT molecular complexity index is 926. The second-order valence-corrected chi connectivity index (χ2v) is 6.07. The molecule has 0 aliphatic carbocycles. The van der Waals surface area contributed by atoms with Crippen LogP contribution in [-0.2, 0) is 5.41 Å². The summed E-state index contributed by atoms with van der Waals surface area (Å²) >= 11 is 0. The van der Waals surface area contributed by atoms with Crippen LogP contribution in [0.25, 0.3) is 28.2 Å². The minimum Gasteiger partial charge on any atom is -0.261 e. The maximum absolute atomic E-state index is 9.48. The third kappa shape index (κ3) is 2.74. The molecule has 0 unspecified atom stereocenters. The third-order valence-electron chi connectivity index (χ3n) is 3.98. The summed E-state index contributed by atoms with van der Waals surface area (Å²) in [5.74, 6) is 0. The second-order valence-electron chi connectivity index (χ2n) is 6.07. The SMILES string of the molecule is C/C=C/c1cc(-c2ccnc3[nH]ncc23)cc(C(C)(C)C#N)c1. The largest absolute Gasteiger partial charge is 0.261 e. The van der Waals surface area contributed by atoms with Crippen LogP contribution in [0, 0.1) is 11.3 Å². The summed E-state index contributed by atoms with van der Waals surface area (Å²) in [5.41, 5.74) is 4.42. The Balaban J connectivity index is 2.27. The van der Waals surface area contributed by atoms with E-state index in [1.54, 1.807) is 12.4 Å². The summed E-state index contributed by atoms with van der Waals surface area (Å²) in [6.07, 6.45) is 7.61. The molecule has 0 bridgehead atoms. The molecular weight excluding hydrogens is 284 g/mol. The standard InChI is InChI=1S/C19H18N4/c1-4-5-13-8-14(10-15(9-13)19(2,3)12-20)16-6-7-21-18-17(16)11-22-23-18/h4-11H,1-3H3,(H,21,22,23)/b5-4+. The number of pyridine rings is 1. The first-order valence-corrected chi connectivity index (χ1v) is 7.53. The lowest BCUT2D eigenvalue weighted by Crippen LogP contribution is -2.14. The van der Waals surface area contributed by atoms with Crippen molar-refractivity contribution in [3.8, 4) is 17.2 Å². The van der Waals surface area contributed by atoms with Gasteiger partial charge in [-0.05, 0) is 61.2 Å². The number of aromatic nitrogens is 3. The van der Waals surface area contributed by atoms with Gasteiger partial charge in [0.05, 0.1) is 17.7 Å². The van der Waals surface area contributed by atoms with Crippen molar-refractivity contribution >= 4 is 17.1 Å². The van der Waals surface area contributed by atoms with Crippen molar-refractivity contribution in [1.29, 1.82) is 5.26 Å². The molecule has 3 rings (SSSR count). The van der Waals surface area contributed by atoms with Gasteiger partial charge in [-0.25, -0.2) is 4.98 Å². The van der Waals surface area contributed by atoms with Gasteiger partial charge < -0.3 is 0 Å². The molecular formula is C19H18N4. The highest BCUT2D eigenvalue weighted by molar-refractivity contribution is 5.92. The van der Waals surface area contributed by atoms with Gasteiger partial charge in [0.15, 0.2) is 5.65 Å². The zero-order valence-electron chi connectivity index (χ0n) is 13.5. The van der Waals surface area contributed by atoms with Crippen molar-refractivity contribution in [2.45, 2.75) is 26.2 Å². The summed E-state index contributed by atoms with van der Waals surface area (Å²) < 4.78 is 0. The quantitative estimate of drug-likeness (QED) is 0.776. The fraction of sp³-hybridized carbons (Fsp3) is 0.211. The van der Waals surface area contributed by atoms with Gasteiger partial charge in [-0.15, -0.1) is 0 Å². The molecule has 2 aromatic heterocycles. The molecule has 1 N–H and O–H groups in total. The number of fused-ring (bicyclic) bond motifs is 1. The molecule has 1 aromatic carbocycles. The lowest BCUT2D eigenvalue weighted by Gasteiger charge is -2.18. The van der Waals surface area contributed by atoms with E-state index in [4.69, 9.17) is 0 Å². The number of nitriles is 1. The van der Waals surface area contributed by atoms with Crippen LogP contribution in [0.15, 0.2) is 42.7 Å². The molecule has 0 atom stereocenters. The van der Waals surface area contributed by atoms with Crippen molar-refractivity contribution < 1.29 is 0 Å². The predicted molar refractivity (Wildman–Crippen MR) is 92.7 cm³/mol. The number of nitrogens with zero attached hydrogens (tertiary/aromatic N) is 3. The minimum atomic E-state index is -0.547. The van der Waals surface area contributed by atoms with E-state index in [1.165, 1.54) is 0 Å². The number of aromatic amines is 1. The average Bonchev–Trinajstić information content (AvgIpc) is 3.03. The molecule has 2 heterocycles. The lowest BCUT2D eigenvalue weighted by atomic mass is 9.83. The number of hydrogen-bond donors (Lipinski definition) is 1. The van der Waals surface area contributed by atoms with Gasteiger partial charge in [0.1, 0.15) is 0 Å². The van der Waals surface area contributed by atoms with E-state index in [0.29, 0.717) is 0 Å². The van der Waals surface area contributed by atoms with Gasteiger partial charge in [-0.2, -0.15) is 10.4 Å². The Morgan fingerprint density at radius 1 is 1.26 bits per heavy atom. The van der Waals surface area contributed by atoms with Gasteiger partial charge in [0.2, 0.25) is 0 Å². The van der Waals surface area contributed by atoms with Crippen molar-refractivity contribution in [2.75, 3.05) is 0 Å². The van der Waals surface area contributed by atoms with Gasteiger partial charge >= 0.3 is 0 Å². The normalized spacial score (nSPS) is 11.9. The molecule has 0 radical (unpaired) electrons. The highest BCUT2D eigenvalue weighted by Crippen LogP contribution is 2.32. The fourth-order valence-electron chi connectivity index (χ4n) is 2.62. The van der Waals surface area contributed by atoms with E-state index in [0.717, 1.165) is 33.3 Å². The number of allylic oxidation sites excluding steroid dienone is 1. The maximum Gasteiger partial charge on any atom is 0.155 e. The Kier molecular flexibility index (Phi) is 3.71. The monoisotopic (exact) mass is 302 g/mol. The van der Waals surface area contributed by atoms with E-state index < -0.39 is 5.41 Å². The van der Waals surface area contributed by atoms with E-state index in [-0.39, 0.29) is 0 Å². The zero-order valence-corrected chi connectivity index (χ0v) is 13.5. The van der Waals surface area contributed by atoms with Gasteiger partial charge in [0, 0.05) is 11.6 Å². The van der Waals surface area contributed by atoms with Gasteiger partial charge in [-0.3, -0.25) is 5.10 Å². The molecule has 4 nitrogen and oxygen atoms in total. The van der Waals surface area contributed by atoms with E-state index in [9.17, 15) is 5.26 Å². The number of hydrogen-bond acceptors (Lipinski definition) is 3. The maximum atomic E-state index is 9.48. The number of nitrogens with one attached hydrogen (secondary N) is 1. The molecule has 23 heavy (non-hydrogen) atoms. The smallest absolute Gasteiger partial charge is 0.155 e. The van der Waals surface area contributed by atoms with Crippen LogP contribution in [0.3, 0.4) is 0 Å². The number of H-pyrrole nitrogens is 1. The van der Waals surface area contributed by atoms with Crippen LogP contribution in [0.1, 0.15) is 31.9 Å². The number of benzene rings is 1. The van der Waals surface area contributed by atoms with E-state index in [2.05, 4.69) is 39.4 Å². The fourth-order valence-corrected chi connectivity index (χ4v) is 2.62. The topological polar surface area (TPSA) is 65.4 Å². The first-order valence-electron chi connectivity index (χ1n) is 7.53. The Labute approximate surface area is 135 Å². The van der Waals surface area contributed by atoms with Crippen LogP contribution in [-0.4, -0.2) is 15.2 Å². The highest BCUT2D eigenvalue weighted by Gasteiger charge is 2.21.